The molecule has 3 heteroatoms. The highest BCUT2D eigenvalue weighted by Crippen LogP contribution is 2.19. The molecule has 0 aliphatic heterocycles. The Kier molecular flexibility index (Phi) is 3.02. The van der Waals surface area contributed by atoms with Gasteiger partial charge in [0.25, 0.3) is 0 Å². The first-order valence-corrected chi connectivity index (χ1v) is 7.74. The summed E-state index contributed by atoms with van der Waals surface area (Å²) >= 11 is 1.54. The molecule has 0 saturated heterocycles. The second-order valence-electron chi connectivity index (χ2n) is 2.69. The van der Waals surface area contributed by atoms with E-state index in [0.717, 1.165) is 0 Å². The molecule has 1 N–H and O–H groups in total. The monoisotopic (exact) mass is 157 g/mol. The smallest absolute Gasteiger partial charge is 0.132 e. The Bertz CT molecular complexity index is 151. The van der Waals surface area contributed by atoms with Crippen molar-refractivity contribution in [3.63, 3.8) is 0 Å². The van der Waals surface area contributed by atoms with Gasteiger partial charge in [-0.15, -0.1) is 17.6 Å². The van der Waals surface area contributed by atoms with Crippen LogP contribution in [-0.2, 0) is 0 Å². The second-order valence-corrected chi connectivity index (χ2v) is 11.8. The minimum absolute atomic E-state index is 0.370. The van der Waals surface area contributed by atoms with Crippen LogP contribution in [0.5, 0.6) is 0 Å². The molecule has 0 aliphatic rings. The van der Waals surface area contributed by atoms with Crippen molar-refractivity contribution in [3.05, 3.63) is 0 Å². The Labute approximate surface area is 61.4 Å². The van der Waals surface area contributed by atoms with Crippen molar-refractivity contribution < 1.29 is 0 Å². The minimum Gasteiger partial charge on any atom is -0.287 e. The fraction of sp³-hybridized carbons (Fsp3) is 0.500. The van der Waals surface area contributed by atoms with Crippen LogP contribution in [0.4, 0.5) is 0 Å². The topological polar surface area (TPSA) is 23.9 Å². The first-order chi connectivity index (χ1) is 3.95. The molecule has 0 spiro atoms. The van der Waals surface area contributed by atoms with Crippen LogP contribution in [0.25, 0.3) is 0 Å². The highest BCUT2D eigenvalue weighted by atomic mass is 32.4. The number of hydrogen-bond acceptors (Lipinski definition) is 2. The van der Waals surface area contributed by atoms with Crippen molar-refractivity contribution in [2.24, 2.45) is 0 Å². The minimum atomic E-state index is -1.19. The van der Waals surface area contributed by atoms with Crippen molar-refractivity contribution in [2.75, 3.05) is 0 Å². The SMILES string of the molecule is C#CC(=N)S[Si](C)(C)C. The number of terminal acetylenes is 1. The maximum absolute atomic E-state index is 7.15. The second kappa shape index (κ2) is 3.09. The summed E-state index contributed by atoms with van der Waals surface area (Å²) in [5.74, 6) is 2.30. The molecule has 0 heterocycles. The summed E-state index contributed by atoms with van der Waals surface area (Å²) in [4.78, 5) is 0. The molecule has 0 radical (unpaired) electrons. The summed E-state index contributed by atoms with van der Waals surface area (Å²) in [5, 5.41) is 7.52. The zero-order valence-electron chi connectivity index (χ0n) is 5.99. The molecular weight excluding hydrogens is 146 g/mol. The van der Waals surface area contributed by atoms with Crippen molar-refractivity contribution in [3.8, 4) is 12.3 Å². The van der Waals surface area contributed by atoms with Crippen LogP contribution in [-0.4, -0.2) is 12.3 Å². The summed E-state index contributed by atoms with van der Waals surface area (Å²) in [6.07, 6.45) is 5.01. The van der Waals surface area contributed by atoms with Gasteiger partial charge in [-0.1, -0.05) is 19.6 Å². The Hall–Kier alpha value is -0.203. The highest BCUT2D eigenvalue weighted by Gasteiger charge is 2.15. The lowest BCUT2D eigenvalue weighted by molar-refractivity contribution is 1.58. The molecule has 0 aromatic rings. The first-order valence-electron chi connectivity index (χ1n) is 2.70. The summed E-state index contributed by atoms with van der Waals surface area (Å²) in [5.41, 5.74) is 0. The van der Waals surface area contributed by atoms with E-state index in [1.165, 1.54) is 0 Å². The number of rotatable bonds is 1. The zero-order valence-corrected chi connectivity index (χ0v) is 7.80. The van der Waals surface area contributed by atoms with E-state index < -0.39 is 7.22 Å². The fourth-order valence-corrected chi connectivity index (χ4v) is 3.02. The summed E-state index contributed by atoms with van der Waals surface area (Å²) in [7, 11) is -1.19. The van der Waals surface area contributed by atoms with E-state index in [0.29, 0.717) is 5.04 Å². The molecular formula is C6H11NSSi. The van der Waals surface area contributed by atoms with E-state index in [2.05, 4.69) is 25.6 Å². The van der Waals surface area contributed by atoms with Crippen LogP contribution < -0.4 is 0 Å². The highest BCUT2D eigenvalue weighted by molar-refractivity contribution is 8.39. The molecule has 0 aliphatic carbocycles. The van der Waals surface area contributed by atoms with Crippen LogP contribution >= 0.6 is 11.2 Å². The zero-order chi connectivity index (χ0) is 7.49. The van der Waals surface area contributed by atoms with Crippen LogP contribution in [0.2, 0.25) is 19.6 Å². The molecule has 0 atom stereocenters. The van der Waals surface area contributed by atoms with Gasteiger partial charge in [0.1, 0.15) is 12.3 Å². The van der Waals surface area contributed by atoms with E-state index in [1.54, 1.807) is 11.2 Å². The van der Waals surface area contributed by atoms with Gasteiger partial charge in [0.05, 0.1) is 0 Å². The lowest BCUT2D eigenvalue weighted by Crippen LogP contribution is -2.16. The molecule has 0 saturated carbocycles. The molecule has 0 amide bonds. The third-order valence-corrected chi connectivity index (χ3v) is 3.92. The average molecular weight is 157 g/mol. The van der Waals surface area contributed by atoms with Gasteiger partial charge >= 0.3 is 0 Å². The average Bonchev–Trinajstić information content (AvgIpc) is 1.62. The van der Waals surface area contributed by atoms with E-state index in [-0.39, 0.29) is 0 Å². The normalized spacial score (nSPS) is 10.4. The molecule has 0 rings (SSSR count). The van der Waals surface area contributed by atoms with E-state index in [9.17, 15) is 0 Å². The fourth-order valence-electron chi connectivity index (χ4n) is 0.336. The molecule has 0 aromatic heterocycles. The van der Waals surface area contributed by atoms with E-state index in [1.807, 2.05) is 0 Å². The number of nitrogens with one attached hydrogen (secondary N) is 1. The van der Waals surface area contributed by atoms with Gasteiger partial charge < -0.3 is 0 Å². The molecule has 1 nitrogen and oxygen atoms in total. The molecule has 0 bridgehead atoms. The third kappa shape index (κ3) is 5.67. The molecule has 9 heavy (non-hydrogen) atoms. The largest absolute Gasteiger partial charge is 0.287 e. The maximum atomic E-state index is 7.15. The van der Waals surface area contributed by atoms with Crippen molar-refractivity contribution in [1.29, 1.82) is 5.41 Å². The van der Waals surface area contributed by atoms with E-state index >= 15 is 0 Å². The Balaban J connectivity index is 3.78. The lowest BCUT2D eigenvalue weighted by atomic mass is 10.8. The van der Waals surface area contributed by atoms with Crippen molar-refractivity contribution >= 4 is 23.5 Å². The van der Waals surface area contributed by atoms with Crippen molar-refractivity contribution in [1.82, 2.24) is 0 Å². The van der Waals surface area contributed by atoms with Crippen LogP contribution in [0.3, 0.4) is 0 Å². The molecule has 50 valence electrons. The summed E-state index contributed by atoms with van der Waals surface area (Å²) in [6.45, 7) is 6.51. The van der Waals surface area contributed by atoms with Crippen molar-refractivity contribution in [2.45, 2.75) is 19.6 Å². The quantitative estimate of drug-likeness (QED) is 0.268. The van der Waals surface area contributed by atoms with Gasteiger partial charge in [-0.2, -0.15) is 0 Å². The standard InChI is InChI=1S/C6H11NSSi/c1-5-6(7)8-9(2,3)4/h1,7H,2-4H3. The summed E-state index contributed by atoms with van der Waals surface area (Å²) in [6, 6.07) is 0. The third-order valence-electron chi connectivity index (χ3n) is 0.539. The van der Waals surface area contributed by atoms with Gasteiger partial charge in [-0.05, 0) is 5.92 Å². The maximum Gasteiger partial charge on any atom is 0.132 e. The van der Waals surface area contributed by atoms with E-state index in [4.69, 9.17) is 11.8 Å². The summed E-state index contributed by atoms with van der Waals surface area (Å²) < 4.78 is 0. The first kappa shape index (κ1) is 8.80. The van der Waals surface area contributed by atoms with Gasteiger partial charge in [-0.25, -0.2) is 0 Å². The predicted molar refractivity (Wildman–Crippen MR) is 47.5 cm³/mol. The predicted octanol–water partition coefficient (Wildman–Crippen LogP) is 2.16. The van der Waals surface area contributed by atoms with Crippen LogP contribution in [0.15, 0.2) is 0 Å². The van der Waals surface area contributed by atoms with Crippen LogP contribution in [0, 0.1) is 17.8 Å². The Morgan fingerprint density at radius 2 is 2.00 bits per heavy atom. The van der Waals surface area contributed by atoms with Crippen LogP contribution in [0.1, 0.15) is 0 Å². The Morgan fingerprint density at radius 1 is 1.56 bits per heavy atom. The Morgan fingerprint density at radius 3 is 2.11 bits per heavy atom. The molecule has 0 unspecified atom stereocenters. The van der Waals surface area contributed by atoms with Gasteiger partial charge in [0.2, 0.25) is 0 Å². The lowest BCUT2D eigenvalue weighted by Gasteiger charge is -2.11. The number of hydrogen-bond donors (Lipinski definition) is 1. The van der Waals surface area contributed by atoms with Gasteiger partial charge in [0.15, 0.2) is 0 Å². The van der Waals surface area contributed by atoms with Gasteiger partial charge in [0, 0.05) is 0 Å². The molecule has 0 aromatic carbocycles. The molecule has 0 fully saturated rings. The van der Waals surface area contributed by atoms with Gasteiger partial charge in [-0.3, -0.25) is 5.41 Å².